The topological polar surface area (TPSA) is 117 Å². The zero-order valence-electron chi connectivity index (χ0n) is 17.5. The SMILES string of the molecule is Cn1c(=O)[nH]c2ncc(-c3cccc(C(=O)NCCCc4cccc(C(=O)O)c4)c3)cc21. The first-order valence-electron chi connectivity index (χ1n) is 10.2. The fourth-order valence-electron chi connectivity index (χ4n) is 3.55. The molecule has 0 aliphatic rings. The summed E-state index contributed by atoms with van der Waals surface area (Å²) in [6.07, 6.45) is 3.03. The van der Waals surface area contributed by atoms with Crippen LogP contribution in [0.3, 0.4) is 0 Å². The van der Waals surface area contributed by atoms with Gasteiger partial charge in [0.2, 0.25) is 0 Å². The van der Waals surface area contributed by atoms with Crippen LogP contribution in [0.5, 0.6) is 0 Å². The van der Waals surface area contributed by atoms with E-state index in [-0.39, 0.29) is 17.2 Å². The van der Waals surface area contributed by atoms with Crippen molar-refractivity contribution in [3.05, 3.63) is 88.0 Å². The number of imidazole rings is 1. The predicted octanol–water partition coefficient (Wildman–Crippen LogP) is 2.99. The number of carbonyl (C=O) groups excluding carboxylic acids is 1. The smallest absolute Gasteiger partial charge is 0.335 e. The van der Waals surface area contributed by atoms with Crippen LogP contribution in [0.2, 0.25) is 0 Å². The molecule has 0 saturated heterocycles. The van der Waals surface area contributed by atoms with Crippen LogP contribution in [0.1, 0.15) is 32.7 Å². The Morgan fingerprint density at radius 2 is 1.84 bits per heavy atom. The molecule has 4 aromatic rings. The number of carboxylic acids is 1. The summed E-state index contributed by atoms with van der Waals surface area (Å²) in [6.45, 7) is 0.472. The van der Waals surface area contributed by atoms with E-state index in [0.29, 0.717) is 36.1 Å². The largest absolute Gasteiger partial charge is 0.478 e. The molecule has 2 aromatic heterocycles. The number of pyridine rings is 1. The molecule has 0 aliphatic carbocycles. The Morgan fingerprint density at radius 1 is 1.06 bits per heavy atom. The number of fused-ring (bicyclic) bond motifs is 1. The Hall–Kier alpha value is -4.20. The number of aromatic carboxylic acids is 1. The van der Waals surface area contributed by atoms with Crippen molar-refractivity contribution in [2.45, 2.75) is 12.8 Å². The van der Waals surface area contributed by atoms with Crippen LogP contribution in [0.15, 0.2) is 65.6 Å². The predicted molar refractivity (Wildman–Crippen MR) is 121 cm³/mol. The molecule has 0 fully saturated rings. The van der Waals surface area contributed by atoms with Crippen LogP contribution < -0.4 is 11.0 Å². The summed E-state index contributed by atoms with van der Waals surface area (Å²) < 4.78 is 1.49. The number of rotatable bonds is 7. The summed E-state index contributed by atoms with van der Waals surface area (Å²) in [5, 5.41) is 12.0. The van der Waals surface area contributed by atoms with Crippen molar-refractivity contribution < 1.29 is 14.7 Å². The molecule has 2 heterocycles. The van der Waals surface area contributed by atoms with Gasteiger partial charge in [0.05, 0.1) is 11.1 Å². The first-order chi connectivity index (χ1) is 15.4. The number of nitrogens with zero attached hydrogens (tertiary/aromatic N) is 2. The number of carbonyl (C=O) groups is 2. The van der Waals surface area contributed by atoms with Crippen molar-refractivity contribution in [1.82, 2.24) is 19.9 Å². The van der Waals surface area contributed by atoms with Gasteiger partial charge in [0.25, 0.3) is 5.91 Å². The summed E-state index contributed by atoms with van der Waals surface area (Å²) in [5.74, 6) is -1.14. The van der Waals surface area contributed by atoms with E-state index < -0.39 is 5.97 Å². The summed E-state index contributed by atoms with van der Waals surface area (Å²) in [5.41, 5.74) is 4.31. The van der Waals surface area contributed by atoms with Gasteiger partial charge in [-0.25, -0.2) is 14.6 Å². The number of hydrogen-bond acceptors (Lipinski definition) is 4. The molecule has 0 saturated carbocycles. The van der Waals surface area contributed by atoms with Gasteiger partial charge in [0, 0.05) is 30.9 Å². The zero-order chi connectivity index (χ0) is 22.7. The normalized spacial score (nSPS) is 10.9. The summed E-state index contributed by atoms with van der Waals surface area (Å²) >= 11 is 0. The average molecular weight is 430 g/mol. The molecule has 0 bridgehead atoms. The maximum Gasteiger partial charge on any atom is 0.335 e. The van der Waals surface area contributed by atoms with Crippen LogP contribution in [-0.2, 0) is 13.5 Å². The zero-order valence-corrected chi connectivity index (χ0v) is 17.5. The second kappa shape index (κ2) is 8.89. The highest BCUT2D eigenvalue weighted by molar-refractivity contribution is 5.95. The van der Waals surface area contributed by atoms with Crippen LogP contribution in [0.4, 0.5) is 0 Å². The van der Waals surface area contributed by atoms with Gasteiger partial charge in [0.1, 0.15) is 0 Å². The lowest BCUT2D eigenvalue weighted by Gasteiger charge is -2.08. The second-order valence-corrected chi connectivity index (χ2v) is 7.53. The molecule has 0 unspecified atom stereocenters. The standard InChI is InChI=1S/C24H22N4O4/c1-28-20-13-19(14-26-21(20)27-24(28)32)16-7-3-8-17(12-16)22(29)25-10-4-6-15-5-2-9-18(11-15)23(30)31/h2-3,5,7-9,11-14H,4,6,10H2,1H3,(H,25,29)(H,30,31)(H,26,27,32). The molecule has 2 aromatic carbocycles. The first-order valence-corrected chi connectivity index (χ1v) is 10.2. The Labute approximate surface area is 183 Å². The molecule has 8 heteroatoms. The van der Waals surface area contributed by atoms with Gasteiger partial charge in [-0.05, 0) is 54.3 Å². The lowest BCUT2D eigenvalue weighted by molar-refractivity contribution is 0.0696. The molecule has 0 radical (unpaired) electrons. The molecule has 0 aliphatic heterocycles. The molecule has 0 atom stereocenters. The van der Waals surface area contributed by atoms with E-state index in [9.17, 15) is 14.4 Å². The average Bonchev–Trinajstić information content (AvgIpc) is 3.09. The highest BCUT2D eigenvalue weighted by Gasteiger charge is 2.10. The highest BCUT2D eigenvalue weighted by atomic mass is 16.4. The van der Waals surface area contributed by atoms with Crippen molar-refractivity contribution in [3.8, 4) is 11.1 Å². The van der Waals surface area contributed by atoms with Crippen molar-refractivity contribution in [2.24, 2.45) is 7.05 Å². The Balaban J connectivity index is 1.40. The monoisotopic (exact) mass is 430 g/mol. The number of carboxylic acid groups (broad SMARTS) is 1. The number of nitrogens with one attached hydrogen (secondary N) is 2. The number of aromatic nitrogens is 3. The minimum absolute atomic E-state index is 0.186. The number of hydrogen-bond donors (Lipinski definition) is 3. The van der Waals surface area contributed by atoms with Crippen LogP contribution >= 0.6 is 0 Å². The van der Waals surface area contributed by atoms with Gasteiger partial charge in [-0.2, -0.15) is 0 Å². The number of benzene rings is 2. The second-order valence-electron chi connectivity index (χ2n) is 7.53. The number of aromatic amines is 1. The molecule has 1 amide bonds. The third-order valence-corrected chi connectivity index (χ3v) is 5.32. The fraction of sp³-hybridized carbons (Fsp3) is 0.167. The van der Waals surface area contributed by atoms with Crippen LogP contribution in [-0.4, -0.2) is 38.1 Å². The molecular formula is C24H22N4O4. The van der Waals surface area contributed by atoms with Crippen molar-refractivity contribution in [3.63, 3.8) is 0 Å². The molecule has 3 N–H and O–H groups in total. The van der Waals surface area contributed by atoms with E-state index in [2.05, 4.69) is 15.3 Å². The third-order valence-electron chi connectivity index (χ3n) is 5.32. The summed E-state index contributed by atoms with van der Waals surface area (Å²) in [6, 6.07) is 15.9. The first kappa shape index (κ1) is 21.0. The molecule has 4 rings (SSSR count). The van der Waals surface area contributed by atoms with E-state index in [0.717, 1.165) is 16.7 Å². The molecular weight excluding hydrogens is 408 g/mol. The maximum absolute atomic E-state index is 12.6. The highest BCUT2D eigenvalue weighted by Crippen LogP contribution is 2.22. The van der Waals surface area contributed by atoms with Gasteiger partial charge in [-0.1, -0.05) is 24.3 Å². The van der Waals surface area contributed by atoms with Gasteiger partial charge in [0.15, 0.2) is 5.65 Å². The molecule has 8 nitrogen and oxygen atoms in total. The van der Waals surface area contributed by atoms with E-state index in [4.69, 9.17) is 5.11 Å². The van der Waals surface area contributed by atoms with Crippen molar-refractivity contribution in [1.29, 1.82) is 0 Å². The molecule has 0 spiro atoms. The maximum atomic E-state index is 12.6. The van der Waals surface area contributed by atoms with E-state index in [1.807, 2.05) is 24.3 Å². The minimum Gasteiger partial charge on any atom is -0.478 e. The number of amides is 1. The van der Waals surface area contributed by atoms with E-state index in [1.54, 1.807) is 43.6 Å². The summed E-state index contributed by atoms with van der Waals surface area (Å²) in [4.78, 5) is 42.4. The van der Waals surface area contributed by atoms with Crippen LogP contribution in [0.25, 0.3) is 22.3 Å². The Bertz CT molecular complexity index is 1370. The number of H-pyrrole nitrogens is 1. The fourth-order valence-corrected chi connectivity index (χ4v) is 3.55. The lowest BCUT2D eigenvalue weighted by Crippen LogP contribution is -2.24. The van der Waals surface area contributed by atoms with Crippen molar-refractivity contribution in [2.75, 3.05) is 6.54 Å². The Morgan fingerprint density at radius 3 is 2.66 bits per heavy atom. The van der Waals surface area contributed by atoms with Crippen LogP contribution in [0, 0.1) is 0 Å². The Kier molecular flexibility index (Phi) is 5.85. The minimum atomic E-state index is -0.951. The van der Waals surface area contributed by atoms with Gasteiger partial charge in [-0.15, -0.1) is 0 Å². The quantitative estimate of drug-likeness (QED) is 0.390. The van der Waals surface area contributed by atoms with Gasteiger partial charge >= 0.3 is 11.7 Å². The van der Waals surface area contributed by atoms with Gasteiger partial charge < -0.3 is 10.4 Å². The number of aryl methyl sites for hydroxylation is 2. The van der Waals surface area contributed by atoms with E-state index >= 15 is 0 Å². The van der Waals surface area contributed by atoms with Crippen molar-refractivity contribution >= 4 is 23.0 Å². The third kappa shape index (κ3) is 4.44. The molecule has 32 heavy (non-hydrogen) atoms. The van der Waals surface area contributed by atoms with E-state index in [1.165, 1.54) is 4.57 Å². The molecule has 162 valence electrons. The lowest BCUT2D eigenvalue weighted by atomic mass is 10.0. The summed E-state index contributed by atoms with van der Waals surface area (Å²) in [7, 11) is 1.68. The van der Waals surface area contributed by atoms with Gasteiger partial charge in [-0.3, -0.25) is 14.3 Å².